The van der Waals surface area contributed by atoms with Crippen molar-refractivity contribution in [2.45, 2.75) is 32.4 Å². The lowest BCUT2D eigenvalue weighted by molar-refractivity contribution is -0.135. The first-order chi connectivity index (χ1) is 14.9. The molecule has 0 N–H and O–H groups in total. The fourth-order valence-electron chi connectivity index (χ4n) is 3.45. The van der Waals surface area contributed by atoms with Crippen LogP contribution < -0.4 is 10.3 Å². The number of rotatable bonds is 7. The standard InChI is InChI=1S/C22H23N3O6/c1-13-18(19-20(31-13)23-12-24(2)21(19)27)22(28)30-11-17(26)25(15-6-7-15)10-14-4-8-16(29-3)9-5-14/h4-5,8-9,12,15H,6-7,10-11H2,1-3H3. The highest BCUT2D eigenvalue weighted by molar-refractivity contribution is 6.03. The number of nitrogens with zero attached hydrogens (tertiary/aromatic N) is 3. The van der Waals surface area contributed by atoms with E-state index in [0.717, 1.165) is 24.2 Å². The Labute approximate surface area is 178 Å². The molecule has 1 saturated carbocycles. The normalized spacial score (nSPS) is 13.3. The van der Waals surface area contributed by atoms with Crippen molar-refractivity contribution >= 4 is 23.0 Å². The number of benzene rings is 1. The summed E-state index contributed by atoms with van der Waals surface area (Å²) in [5.41, 5.74) is 0.612. The van der Waals surface area contributed by atoms with Crippen LogP contribution >= 0.6 is 0 Å². The molecule has 1 amide bonds. The van der Waals surface area contributed by atoms with Gasteiger partial charge in [0.25, 0.3) is 11.5 Å². The molecule has 0 spiro atoms. The van der Waals surface area contributed by atoms with Crippen molar-refractivity contribution in [2.24, 2.45) is 7.05 Å². The average molecular weight is 425 g/mol. The smallest absolute Gasteiger partial charge is 0.343 e. The number of esters is 1. The molecule has 0 aliphatic heterocycles. The molecule has 0 atom stereocenters. The Hall–Kier alpha value is -3.62. The Morgan fingerprint density at radius 1 is 1.26 bits per heavy atom. The van der Waals surface area contributed by atoms with Crippen molar-refractivity contribution in [3.8, 4) is 5.75 Å². The third kappa shape index (κ3) is 4.16. The van der Waals surface area contributed by atoms with Gasteiger partial charge in [-0.15, -0.1) is 0 Å². The quantitative estimate of drug-likeness (QED) is 0.535. The van der Waals surface area contributed by atoms with Gasteiger partial charge in [-0.25, -0.2) is 9.78 Å². The molecule has 1 fully saturated rings. The maximum absolute atomic E-state index is 12.8. The van der Waals surface area contributed by atoms with Crippen molar-refractivity contribution in [1.82, 2.24) is 14.5 Å². The third-order valence-corrected chi connectivity index (χ3v) is 5.30. The molecular formula is C22H23N3O6. The summed E-state index contributed by atoms with van der Waals surface area (Å²) in [5.74, 6) is -0.108. The van der Waals surface area contributed by atoms with Crippen molar-refractivity contribution in [1.29, 1.82) is 0 Å². The van der Waals surface area contributed by atoms with Gasteiger partial charge >= 0.3 is 5.97 Å². The van der Waals surface area contributed by atoms with Gasteiger partial charge in [-0.2, -0.15) is 0 Å². The van der Waals surface area contributed by atoms with Crippen LogP contribution in [-0.4, -0.2) is 46.1 Å². The number of furan rings is 1. The molecule has 9 nitrogen and oxygen atoms in total. The molecule has 0 unspecified atom stereocenters. The number of carbonyl (C=O) groups excluding carboxylic acids is 2. The first-order valence-electron chi connectivity index (χ1n) is 9.93. The van der Waals surface area contributed by atoms with Gasteiger partial charge in [0.1, 0.15) is 28.8 Å². The van der Waals surface area contributed by atoms with Crippen LogP contribution in [0.3, 0.4) is 0 Å². The Kier molecular flexibility index (Phi) is 5.50. The van der Waals surface area contributed by atoms with Gasteiger partial charge in [0.2, 0.25) is 5.71 Å². The lowest BCUT2D eigenvalue weighted by Gasteiger charge is -2.22. The van der Waals surface area contributed by atoms with Crippen molar-refractivity contribution in [3.05, 3.63) is 57.8 Å². The highest BCUT2D eigenvalue weighted by atomic mass is 16.5. The maximum Gasteiger partial charge on any atom is 0.343 e. The van der Waals surface area contributed by atoms with E-state index < -0.39 is 18.1 Å². The van der Waals surface area contributed by atoms with Crippen LogP contribution in [0.1, 0.15) is 34.5 Å². The molecule has 1 aliphatic rings. The van der Waals surface area contributed by atoms with Gasteiger partial charge in [-0.1, -0.05) is 12.1 Å². The highest BCUT2D eigenvalue weighted by Crippen LogP contribution is 2.29. The van der Waals surface area contributed by atoms with Gasteiger partial charge in [-0.3, -0.25) is 9.59 Å². The Morgan fingerprint density at radius 3 is 2.61 bits per heavy atom. The number of ether oxygens (including phenoxy) is 2. The molecule has 162 valence electrons. The number of fused-ring (bicyclic) bond motifs is 1. The predicted molar refractivity (Wildman–Crippen MR) is 111 cm³/mol. The zero-order valence-electron chi connectivity index (χ0n) is 17.6. The van der Waals surface area contributed by atoms with Gasteiger partial charge in [0, 0.05) is 19.6 Å². The van der Waals surface area contributed by atoms with Crippen LogP contribution in [0.2, 0.25) is 0 Å². The maximum atomic E-state index is 12.8. The van der Waals surface area contributed by atoms with E-state index in [4.69, 9.17) is 13.9 Å². The van der Waals surface area contributed by atoms with E-state index in [1.54, 1.807) is 18.9 Å². The van der Waals surface area contributed by atoms with Gasteiger partial charge in [0.05, 0.1) is 7.11 Å². The third-order valence-electron chi connectivity index (χ3n) is 5.30. The molecule has 31 heavy (non-hydrogen) atoms. The first-order valence-corrected chi connectivity index (χ1v) is 9.93. The van der Waals surface area contributed by atoms with E-state index in [9.17, 15) is 14.4 Å². The first kappa shape index (κ1) is 20.6. The molecule has 0 bridgehead atoms. The van der Waals surface area contributed by atoms with Crippen molar-refractivity contribution < 1.29 is 23.5 Å². The average Bonchev–Trinajstić information content (AvgIpc) is 3.55. The number of hydrogen-bond donors (Lipinski definition) is 0. The molecular weight excluding hydrogens is 402 g/mol. The van der Waals surface area contributed by atoms with E-state index in [1.807, 2.05) is 24.3 Å². The zero-order chi connectivity index (χ0) is 22.1. The Balaban J connectivity index is 1.47. The zero-order valence-corrected chi connectivity index (χ0v) is 17.6. The Morgan fingerprint density at radius 2 is 1.97 bits per heavy atom. The summed E-state index contributed by atoms with van der Waals surface area (Å²) in [6, 6.07) is 7.62. The number of aryl methyl sites for hydroxylation is 2. The fraction of sp³-hybridized carbons (Fsp3) is 0.364. The van der Waals surface area contributed by atoms with Crippen molar-refractivity contribution in [2.75, 3.05) is 13.7 Å². The molecule has 0 radical (unpaired) electrons. The van der Waals surface area contributed by atoms with E-state index in [-0.39, 0.29) is 34.4 Å². The summed E-state index contributed by atoms with van der Waals surface area (Å²) in [6.45, 7) is 1.56. The Bertz CT molecular complexity index is 1190. The van der Waals surface area contributed by atoms with Crippen LogP contribution in [0.5, 0.6) is 5.75 Å². The van der Waals surface area contributed by atoms with Crippen LogP contribution in [0.15, 0.2) is 39.8 Å². The summed E-state index contributed by atoms with van der Waals surface area (Å²) in [6.07, 6.45) is 3.16. The largest absolute Gasteiger partial charge is 0.497 e. The predicted octanol–water partition coefficient (Wildman–Crippen LogP) is 2.19. The van der Waals surface area contributed by atoms with E-state index in [0.29, 0.717) is 6.54 Å². The SMILES string of the molecule is COc1ccc(CN(C(=O)COC(=O)c2c(C)oc3ncn(C)c(=O)c23)C2CC2)cc1. The second-order valence-corrected chi connectivity index (χ2v) is 7.55. The minimum absolute atomic E-state index is 0.00428. The van der Waals surface area contributed by atoms with Crippen molar-refractivity contribution in [3.63, 3.8) is 0 Å². The summed E-state index contributed by atoms with van der Waals surface area (Å²) >= 11 is 0. The summed E-state index contributed by atoms with van der Waals surface area (Å²) < 4.78 is 17.1. The summed E-state index contributed by atoms with van der Waals surface area (Å²) in [7, 11) is 3.13. The molecule has 1 aliphatic carbocycles. The molecule has 2 aromatic heterocycles. The number of methoxy groups -OCH3 is 1. The number of hydrogen-bond acceptors (Lipinski definition) is 7. The van der Waals surface area contributed by atoms with Crippen LogP contribution in [0, 0.1) is 6.92 Å². The van der Waals surface area contributed by atoms with Gasteiger partial charge < -0.3 is 23.4 Å². The number of amides is 1. The minimum atomic E-state index is -0.783. The highest BCUT2D eigenvalue weighted by Gasteiger charge is 2.33. The van der Waals surface area contributed by atoms with E-state index in [1.165, 1.54) is 17.9 Å². The van der Waals surface area contributed by atoms with E-state index >= 15 is 0 Å². The molecule has 2 heterocycles. The molecule has 0 saturated heterocycles. The van der Waals surface area contributed by atoms with Gasteiger partial charge in [0.15, 0.2) is 6.61 Å². The molecule has 1 aromatic carbocycles. The summed E-state index contributed by atoms with van der Waals surface area (Å²) in [5, 5.41) is 0.0530. The van der Waals surface area contributed by atoms with Crippen LogP contribution in [0.25, 0.3) is 11.1 Å². The lowest BCUT2D eigenvalue weighted by Crippen LogP contribution is -2.36. The van der Waals surface area contributed by atoms with E-state index in [2.05, 4.69) is 4.98 Å². The number of aromatic nitrogens is 2. The summed E-state index contributed by atoms with van der Waals surface area (Å²) in [4.78, 5) is 43.7. The topological polar surface area (TPSA) is 104 Å². The lowest BCUT2D eigenvalue weighted by atomic mass is 10.2. The van der Waals surface area contributed by atoms with Crippen LogP contribution in [-0.2, 0) is 23.1 Å². The molecule has 9 heteroatoms. The van der Waals surface area contributed by atoms with Crippen LogP contribution in [0.4, 0.5) is 0 Å². The number of carbonyl (C=O) groups is 2. The monoisotopic (exact) mass is 425 g/mol. The molecule has 4 rings (SSSR count). The fourth-order valence-corrected chi connectivity index (χ4v) is 3.45. The second kappa shape index (κ2) is 8.25. The second-order valence-electron chi connectivity index (χ2n) is 7.55. The van der Waals surface area contributed by atoms with Gasteiger partial charge in [-0.05, 0) is 37.5 Å². The minimum Gasteiger partial charge on any atom is -0.497 e. The molecule has 3 aromatic rings.